The molecule has 0 aliphatic heterocycles. The molecule has 110 valence electrons. The van der Waals surface area contributed by atoms with Crippen molar-refractivity contribution in [2.45, 2.75) is 45.6 Å². The van der Waals surface area contributed by atoms with Gasteiger partial charge in [-0.05, 0) is 73.0 Å². The van der Waals surface area contributed by atoms with Gasteiger partial charge in [0.15, 0.2) is 0 Å². The van der Waals surface area contributed by atoms with E-state index in [1.165, 1.54) is 42.4 Å². The average molecular weight is 279 g/mol. The molecule has 0 bridgehead atoms. The first-order chi connectivity index (χ1) is 10.3. The maximum atomic E-state index is 3.57. The minimum absolute atomic E-state index is 0.416. The Kier molecular flexibility index (Phi) is 4.40. The zero-order valence-corrected chi connectivity index (χ0v) is 13.2. The van der Waals surface area contributed by atoms with Gasteiger partial charge in [-0.2, -0.15) is 0 Å². The molecule has 0 spiro atoms. The van der Waals surface area contributed by atoms with Crippen LogP contribution in [0.3, 0.4) is 0 Å². The number of hydrogen-bond donors (Lipinski definition) is 1. The number of nitrogens with one attached hydrogen (secondary N) is 1. The maximum Gasteiger partial charge on any atom is 0.0292 e. The highest BCUT2D eigenvalue weighted by Gasteiger charge is 2.12. The SMILES string of the molecule is CCCNC(C)c1cccc(-c2ccc3c(c2)CCC3)c1. The lowest BCUT2D eigenvalue weighted by molar-refractivity contribution is 0.571. The Bertz CT molecular complexity index is 615. The van der Waals surface area contributed by atoms with Gasteiger partial charge in [0.1, 0.15) is 0 Å². The van der Waals surface area contributed by atoms with E-state index in [0.29, 0.717) is 6.04 Å². The number of fused-ring (bicyclic) bond motifs is 1. The van der Waals surface area contributed by atoms with E-state index in [-0.39, 0.29) is 0 Å². The maximum absolute atomic E-state index is 3.57. The molecule has 0 saturated heterocycles. The number of rotatable bonds is 5. The van der Waals surface area contributed by atoms with Crippen LogP contribution >= 0.6 is 0 Å². The van der Waals surface area contributed by atoms with Crippen LogP contribution in [0, 0.1) is 0 Å². The van der Waals surface area contributed by atoms with Gasteiger partial charge in [0, 0.05) is 6.04 Å². The van der Waals surface area contributed by atoms with Crippen LogP contribution in [0.2, 0.25) is 0 Å². The Morgan fingerprint density at radius 3 is 2.67 bits per heavy atom. The fraction of sp³-hybridized carbons (Fsp3) is 0.400. The second kappa shape index (κ2) is 6.44. The fourth-order valence-electron chi connectivity index (χ4n) is 3.22. The summed E-state index contributed by atoms with van der Waals surface area (Å²) in [5.41, 5.74) is 7.18. The van der Waals surface area contributed by atoms with Crippen LogP contribution in [0.25, 0.3) is 11.1 Å². The smallest absolute Gasteiger partial charge is 0.0292 e. The summed E-state index contributed by atoms with van der Waals surface area (Å²) < 4.78 is 0. The van der Waals surface area contributed by atoms with E-state index in [4.69, 9.17) is 0 Å². The average Bonchev–Trinajstić information content (AvgIpc) is 3.00. The number of hydrogen-bond acceptors (Lipinski definition) is 1. The van der Waals surface area contributed by atoms with Crippen molar-refractivity contribution in [2.24, 2.45) is 0 Å². The lowest BCUT2D eigenvalue weighted by Crippen LogP contribution is -2.19. The third-order valence-corrected chi connectivity index (χ3v) is 4.52. The summed E-state index contributed by atoms with van der Waals surface area (Å²) in [5, 5.41) is 3.57. The first-order valence-corrected chi connectivity index (χ1v) is 8.23. The highest BCUT2D eigenvalue weighted by atomic mass is 14.9. The molecule has 2 aromatic carbocycles. The van der Waals surface area contributed by atoms with Crippen LogP contribution in [0.4, 0.5) is 0 Å². The molecular formula is C20H25N. The largest absolute Gasteiger partial charge is 0.310 e. The van der Waals surface area contributed by atoms with Gasteiger partial charge in [-0.15, -0.1) is 0 Å². The molecule has 0 heterocycles. The van der Waals surface area contributed by atoms with Crippen molar-refractivity contribution in [1.29, 1.82) is 0 Å². The molecular weight excluding hydrogens is 254 g/mol. The molecule has 1 N–H and O–H groups in total. The Morgan fingerprint density at radius 2 is 1.81 bits per heavy atom. The molecule has 1 heteroatoms. The third-order valence-electron chi connectivity index (χ3n) is 4.52. The Balaban J connectivity index is 1.85. The summed E-state index contributed by atoms with van der Waals surface area (Å²) in [7, 11) is 0. The van der Waals surface area contributed by atoms with Crippen LogP contribution in [0.1, 0.15) is 49.4 Å². The minimum Gasteiger partial charge on any atom is -0.310 e. The predicted octanol–water partition coefficient (Wildman–Crippen LogP) is 4.90. The summed E-state index contributed by atoms with van der Waals surface area (Å²) in [6, 6.07) is 16.4. The van der Waals surface area contributed by atoms with E-state index < -0.39 is 0 Å². The van der Waals surface area contributed by atoms with Gasteiger partial charge in [0.2, 0.25) is 0 Å². The Morgan fingerprint density at radius 1 is 1.00 bits per heavy atom. The lowest BCUT2D eigenvalue weighted by Gasteiger charge is -2.15. The molecule has 0 saturated carbocycles. The fourth-order valence-corrected chi connectivity index (χ4v) is 3.22. The van der Waals surface area contributed by atoms with Gasteiger partial charge in [-0.25, -0.2) is 0 Å². The van der Waals surface area contributed by atoms with Gasteiger partial charge in [-0.1, -0.05) is 43.3 Å². The van der Waals surface area contributed by atoms with Crippen LogP contribution in [0.5, 0.6) is 0 Å². The van der Waals surface area contributed by atoms with Gasteiger partial charge < -0.3 is 5.32 Å². The predicted molar refractivity (Wildman–Crippen MR) is 90.6 cm³/mol. The summed E-state index contributed by atoms with van der Waals surface area (Å²) >= 11 is 0. The Labute approximate surface area is 128 Å². The molecule has 0 aromatic heterocycles. The molecule has 3 rings (SSSR count). The zero-order chi connectivity index (χ0) is 14.7. The molecule has 1 atom stereocenters. The highest BCUT2D eigenvalue weighted by molar-refractivity contribution is 5.66. The highest BCUT2D eigenvalue weighted by Crippen LogP contribution is 2.29. The first kappa shape index (κ1) is 14.3. The molecule has 1 aliphatic rings. The van der Waals surface area contributed by atoms with Gasteiger partial charge in [0.05, 0.1) is 0 Å². The summed E-state index contributed by atoms with van der Waals surface area (Å²) in [6.45, 7) is 5.53. The second-order valence-electron chi connectivity index (χ2n) is 6.14. The first-order valence-electron chi connectivity index (χ1n) is 8.23. The van der Waals surface area contributed by atoms with Crippen molar-refractivity contribution in [2.75, 3.05) is 6.54 Å². The molecule has 21 heavy (non-hydrogen) atoms. The summed E-state index contributed by atoms with van der Waals surface area (Å²) in [4.78, 5) is 0. The van der Waals surface area contributed by atoms with Gasteiger partial charge in [0.25, 0.3) is 0 Å². The molecule has 1 unspecified atom stereocenters. The van der Waals surface area contributed by atoms with E-state index in [2.05, 4.69) is 61.6 Å². The van der Waals surface area contributed by atoms with Crippen molar-refractivity contribution in [3.63, 3.8) is 0 Å². The number of aryl methyl sites for hydroxylation is 2. The third kappa shape index (κ3) is 3.19. The monoisotopic (exact) mass is 279 g/mol. The van der Waals surface area contributed by atoms with Crippen molar-refractivity contribution in [1.82, 2.24) is 5.32 Å². The van der Waals surface area contributed by atoms with Crippen molar-refractivity contribution in [3.05, 3.63) is 59.2 Å². The summed E-state index contributed by atoms with van der Waals surface area (Å²) in [5.74, 6) is 0. The van der Waals surface area contributed by atoms with Crippen molar-refractivity contribution >= 4 is 0 Å². The van der Waals surface area contributed by atoms with Crippen molar-refractivity contribution < 1.29 is 0 Å². The van der Waals surface area contributed by atoms with Gasteiger partial charge in [-0.3, -0.25) is 0 Å². The molecule has 2 aromatic rings. The standard InChI is InChI=1S/C20H25N/c1-3-12-21-15(2)17-7-5-9-19(13-17)20-11-10-16-6-4-8-18(16)14-20/h5,7,9-11,13-15,21H,3-4,6,8,12H2,1-2H3. The quantitative estimate of drug-likeness (QED) is 0.820. The van der Waals surface area contributed by atoms with Crippen LogP contribution < -0.4 is 5.32 Å². The Hall–Kier alpha value is -1.60. The molecule has 0 amide bonds. The zero-order valence-electron chi connectivity index (χ0n) is 13.2. The van der Waals surface area contributed by atoms with E-state index in [9.17, 15) is 0 Å². The van der Waals surface area contributed by atoms with E-state index >= 15 is 0 Å². The molecule has 0 fully saturated rings. The molecule has 1 nitrogen and oxygen atoms in total. The number of benzene rings is 2. The van der Waals surface area contributed by atoms with E-state index in [0.717, 1.165) is 6.54 Å². The second-order valence-corrected chi connectivity index (χ2v) is 6.14. The molecule has 0 radical (unpaired) electrons. The van der Waals surface area contributed by atoms with Gasteiger partial charge >= 0.3 is 0 Å². The van der Waals surface area contributed by atoms with Crippen LogP contribution in [-0.4, -0.2) is 6.54 Å². The van der Waals surface area contributed by atoms with E-state index in [1.54, 1.807) is 11.1 Å². The van der Waals surface area contributed by atoms with E-state index in [1.807, 2.05) is 0 Å². The van der Waals surface area contributed by atoms with Crippen LogP contribution in [-0.2, 0) is 12.8 Å². The normalized spacial score (nSPS) is 15.0. The topological polar surface area (TPSA) is 12.0 Å². The van der Waals surface area contributed by atoms with Crippen LogP contribution in [0.15, 0.2) is 42.5 Å². The minimum atomic E-state index is 0.416. The summed E-state index contributed by atoms with van der Waals surface area (Å²) in [6.07, 6.45) is 5.00. The molecule has 1 aliphatic carbocycles. The lowest BCUT2D eigenvalue weighted by atomic mass is 9.97. The van der Waals surface area contributed by atoms with Crippen molar-refractivity contribution in [3.8, 4) is 11.1 Å².